The average molecular weight is 252 g/mol. The molecule has 0 atom stereocenters. The third kappa shape index (κ3) is 4.87. The standard InChI is InChI=1S/C13H24N4O/c1-5-14-7-8-17(6-2)12-9-13(16-10-15-12)18-11(3)4/h9-11,14H,5-8H2,1-4H3. The highest BCUT2D eigenvalue weighted by Crippen LogP contribution is 2.16. The van der Waals surface area contributed by atoms with E-state index in [1.54, 1.807) is 6.33 Å². The van der Waals surface area contributed by atoms with Gasteiger partial charge in [-0.05, 0) is 27.3 Å². The molecule has 18 heavy (non-hydrogen) atoms. The molecule has 0 unspecified atom stereocenters. The Morgan fingerprint density at radius 3 is 2.72 bits per heavy atom. The first kappa shape index (κ1) is 14.7. The second kappa shape index (κ2) is 7.87. The molecule has 1 heterocycles. The van der Waals surface area contributed by atoms with Gasteiger partial charge >= 0.3 is 0 Å². The van der Waals surface area contributed by atoms with Gasteiger partial charge in [0.1, 0.15) is 12.1 Å². The molecule has 1 aromatic heterocycles. The van der Waals surface area contributed by atoms with Gasteiger partial charge in [0.15, 0.2) is 0 Å². The van der Waals surface area contributed by atoms with E-state index in [9.17, 15) is 0 Å². The molecule has 0 bridgehead atoms. The quantitative estimate of drug-likeness (QED) is 0.714. The van der Waals surface area contributed by atoms with Crippen LogP contribution in [0.4, 0.5) is 5.82 Å². The molecule has 0 saturated heterocycles. The summed E-state index contributed by atoms with van der Waals surface area (Å²) in [6, 6.07) is 1.90. The summed E-state index contributed by atoms with van der Waals surface area (Å²) in [5.41, 5.74) is 0. The van der Waals surface area contributed by atoms with Crippen LogP contribution < -0.4 is 15.0 Å². The minimum absolute atomic E-state index is 0.129. The van der Waals surface area contributed by atoms with Crippen LogP contribution in [0.25, 0.3) is 0 Å². The first-order chi connectivity index (χ1) is 8.67. The lowest BCUT2D eigenvalue weighted by molar-refractivity contribution is 0.232. The second-order valence-electron chi connectivity index (χ2n) is 4.31. The number of hydrogen-bond donors (Lipinski definition) is 1. The molecule has 0 amide bonds. The highest BCUT2D eigenvalue weighted by molar-refractivity contribution is 5.40. The van der Waals surface area contributed by atoms with Gasteiger partial charge in [0, 0.05) is 25.7 Å². The van der Waals surface area contributed by atoms with Gasteiger partial charge in [-0.2, -0.15) is 0 Å². The van der Waals surface area contributed by atoms with Crippen molar-refractivity contribution in [2.24, 2.45) is 0 Å². The van der Waals surface area contributed by atoms with Crippen molar-refractivity contribution in [3.8, 4) is 5.88 Å². The maximum absolute atomic E-state index is 5.58. The Balaban J connectivity index is 2.66. The van der Waals surface area contributed by atoms with Crippen molar-refractivity contribution in [3.63, 3.8) is 0 Å². The van der Waals surface area contributed by atoms with E-state index in [0.29, 0.717) is 5.88 Å². The summed E-state index contributed by atoms with van der Waals surface area (Å²) in [5, 5.41) is 3.31. The summed E-state index contributed by atoms with van der Waals surface area (Å²) in [6.07, 6.45) is 1.69. The first-order valence-corrected chi connectivity index (χ1v) is 6.61. The summed E-state index contributed by atoms with van der Waals surface area (Å²) in [6.45, 7) is 12.0. The van der Waals surface area contributed by atoms with Crippen LogP contribution in [-0.4, -0.2) is 42.3 Å². The zero-order chi connectivity index (χ0) is 13.4. The third-order valence-corrected chi connectivity index (χ3v) is 2.50. The van der Waals surface area contributed by atoms with Crippen LogP contribution in [0.5, 0.6) is 5.88 Å². The predicted octanol–water partition coefficient (Wildman–Crippen LogP) is 1.70. The van der Waals surface area contributed by atoms with Crippen LogP contribution in [0.15, 0.2) is 12.4 Å². The van der Waals surface area contributed by atoms with Gasteiger partial charge in [-0.3, -0.25) is 0 Å². The molecule has 5 nitrogen and oxygen atoms in total. The molecule has 0 saturated carbocycles. The summed E-state index contributed by atoms with van der Waals surface area (Å²) >= 11 is 0. The maximum Gasteiger partial charge on any atom is 0.218 e. The van der Waals surface area contributed by atoms with Crippen LogP contribution in [0.3, 0.4) is 0 Å². The molecule has 0 aliphatic heterocycles. The summed E-state index contributed by atoms with van der Waals surface area (Å²) < 4.78 is 5.58. The molecular weight excluding hydrogens is 228 g/mol. The number of likely N-dealkylation sites (N-methyl/N-ethyl adjacent to an activating group) is 2. The fraction of sp³-hybridized carbons (Fsp3) is 0.692. The molecule has 0 aliphatic rings. The van der Waals surface area contributed by atoms with E-state index < -0.39 is 0 Å². The van der Waals surface area contributed by atoms with E-state index in [1.807, 2.05) is 19.9 Å². The first-order valence-electron chi connectivity index (χ1n) is 6.61. The van der Waals surface area contributed by atoms with Gasteiger partial charge in [0.05, 0.1) is 6.10 Å². The SMILES string of the molecule is CCNCCN(CC)c1cc(OC(C)C)ncn1. The molecule has 1 rings (SSSR count). The van der Waals surface area contributed by atoms with Crippen molar-refractivity contribution in [1.82, 2.24) is 15.3 Å². The Hall–Kier alpha value is -1.36. The topological polar surface area (TPSA) is 50.3 Å². The Morgan fingerprint density at radius 1 is 1.33 bits per heavy atom. The fourth-order valence-corrected chi connectivity index (χ4v) is 1.63. The smallest absolute Gasteiger partial charge is 0.218 e. The van der Waals surface area contributed by atoms with Crippen LogP contribution >= 0.6 is 0 Å². The summed E-state index contributed by atoms with van der Waals surface area (Å²) in [7, 11) is 0. The minimum Gasteiger partial charge on any atom is -0.475 e. The fourth-order valence-electron chi connectivity index (χ4n) is 1.63. The maximum atomic E-state index is 5.58. The van der Waals surface area contributed by atoms with Gasteiger partial charge in [0.2, 0.25) is 5.88 Å². The highest BCUT2D eigenvalue weighted by Gasteiger charge is 2.08. The van der Waals surface area contributed by atoms with Gasteiger partial charge in [0.25, 0.3) is 0 Å². The van der Waals surface area contributed by atoms with Crippen molar-refractivity contribution in [2.45, 2.75) is 33.8 Å². The highest BCUT2D eigenvalue weighted by atomic mass is 16.5. The van der Waals surface area contributed by atoms with E-state index in [2.05, 4.69) is 34.0 Å². The molecule has 0 fully saturated rings. The average Bonchev–Trinajstić information content (AvgIpc) is 2.34. The number of aromatic nitrogens is 2. The molecule has 0 aliphatic carbocycles. The monoisotopic (exact) mass is 252 g/mol. The molecular formula is C13H24N4O. The van der Waals surface area contributed by atoms with Crippen molar-refractivity contribution in [1.29, 1.82) is 0 Å². The van der Waals surface area contributed by atoms with E-state index in [1.165, 1.54) is 0 Å². The number of nitrogens with one attached hydrogen (secondary N) is 1. The van der Waals surface area contributed by atoms with Crippen LogP contribution in [-0.2, 0) is 0 Å². The molecule has 1 N–H and O–H groups in total. The minimum atomic E-state index is 0.129. The van der Waals surface area contributed by atoms with Gasteiger partial charge < -0.3 is 15.0 Å². The Morgan fingerprint density at radius 2 is 2.11 bits per heavy atom. The number of nitrogens with zero attached hydrogens (tertiary/aromatic N) is 3. The number of ether oxygens (including phenoxy) is 1. The number of rotatable bonds is 8. The van der Waals surface area contributed by atoms with E-state index in [0.717, 1.165) is 32.0 Å². The lowest BCUT2D eigenvalue weighted by Gasteiger charge is -2.22. The van der Waals surface area contributed by atoms with Crippen molar-refractivity contribution in [2.75, 3.05) is 31.1 Å². The van der Waals surface area contributed by atoms with Gasteiger partial charge in [-0.15, -0.1) is 0 Å². The van der Waals surface area contributed by atoms with E-state index in [4.69, 9.17) is 4.74 Å². The molecule has 1 aromatic rings. The Labute approximate surface area is 110 Å². The van der Waals surface area contributed by atoms with Crippen molar-refractivity contribution in [3.05, 3.63) is 12.4 Å². The Kier molecular flexibility index (Phi) is 6.43. The molecule has 0 spiro atoms. The number of anilines is 1. The zero-order valence-electron chi connectivity index (χ0n) is 11.8. The second-order valence-corrected chi connectivity index (χ2v) is 4.31. The van der Waals surface area contributed by atoms with Crippen molar-refractivity contribution < 1.29 is 4.74 Å². The third-order valence-electron chi connectivity index (χ3n) is 2.50. The predicted molar refractivity (Wildman–Crippen MR) is 74.2 cm³/mol. The van der Waals surface area contributed by atoms with Crippen LogP contribution in [0.1, 0.15) is 27.7 Å². The van der Waals surface area contributed by atoms with Gasteiger partial charge in [-0.1, -0.05) is 6.92 Å². The molecule has 102 valence electrons. The lowest BCUT2D eigenvalue weighted by Crippen LogP contribution is -2.32. The van der Waals surface area contributed by atoms with Crippen LogP contribution in [0.2, 0.25) is 0 Å². The van der Waals surface area contributed by atoms with Gasteiger partial charge in [-0.25, -0.2) is 9.97 Å². The lowest BCUT2D eigenvalue weighted by atomic mass is 10.4. The number of hydrogen-bond acceptors (Lipinski definition) is 5. The zero-order valence-corrected chi connectivity index (χ0v) is 11.8. The van der Waals surface area contributed by atoms with E-state index in [-0.39, 0.29) is 6.10 Å². The molecule has 0 radical (unpaired) electrons. The van der Waals surface area contributed by atoms with Crippen LogP contribution in [0, 0.1) is 0 Å². The summed E-state index contributed by atoms with van der Waals surface area (Å²) in [5.74, 6) is 1.55. The molecule has 0 aromatic carbocycles. The van der Waals surface area contributed by atoms with Crippen molar-refractivity contribution >= 4 is 5.82 Å². The summed E-state index contributed by atoms with van der Waals surface area (Å²) in [4.78, 5) is 10.6. The Bertz CT molecular complexity index is 344. The normalized spacial score (nSPS) is 10.7. The molecule has 5 heteroatoms. The van der Waals surface area contributed by atoms with E-state index >= 15 is 0 Å². The largest absolute Gasteiger partial charge is 0.475 e.